The molecule has 33 heavy (non-hydrogen) atoms. The maximum Gasteiger partial charge on any atom is 0.195 e. The number of hydrogen-bond acceptors (Lipinski definition) is 6. The smallest absolute Gasteiger partial charge is 0.195 e. The quantitative estimate of drug-likeness (QED) is 0.296. The largest absolute Gasteiger partial charge is 0.466 e. The Bertz CT molecular complexity index is 1090. The van der Waals surface area contributed by atoms with E-state index in [9.17, 15) is 5.26 Å². The first-order valence-corrected chi connectivity index (χ1v) is 18.6. The van der Waals surface area contributed by atoms with Crippen LogP contribution in [0.4, 0.5) is 0 Å². The number of benzene rings is 1. The summed E-state index contributed by atoms with van der Waals surface area (Å²) < 4.78 is 18.2. The van der Waals surface area contributed by atoms with Crippen molar-refractivity contribution in [3.63, 3.8) is 0 Å². The highest BCUT2D eigenvalue weighted by Gasteiger charge is 2.33. The molecule has 8 heteroatoms. The Morgan fingerprint density at radius 1 is 1.09 bits per heavy atom. The zero-order valence-electron chi connectivity index (χ0n) is 21.1. The van der Waals surface area contributed by atoms with E-state index in [1.807, 2.05) is 32.2 Å². The maximum absolute atomic E-state index is 9.45. The molecule has 0 aliphatic carbocycles. The molecule has 2 heterocycles. The van der Waals surface area contributed by atoms with Gasteiger partial charge in [0, 0.05) is 26.4 Å². The summed E-state index contributed by atoms with van der Waals surface area (Å²) in [5.41, 5.74) is 1.87. The van der Waals surface area contributed by atoms with Gasteiger partial charge in [-0.2, -0.15) is 5.26 Å². The van der Waals surface area contributed by atoms with E-state index in [1.165, 1.54) is 0 Å². The lowest BCUT2D eigenvalue weighted by Crippen LogP contribution is -2.40. The van der Waals surface area contributed by atoms with Gasteiger partial charge in [-0.15, -0.1) is 0 Å². The van der Waals surface area contributed by atoms with Crippen LogP contribution in [0, 0.1) is 11.3 Å². The number of fused-ring (bicyclic) bond motifs is 1. The zero-order chi connectivity index (χ0) is 24.4. The maximum atomic E-state index is 9.45. The Kier molecular flexibility index (Phi) is 7.17. The fourth-order valence-corrected chi connectivity index (χ4v) is 5.77. The first-order valence-electron chi connectivity index (χ1n) is 11.3. The van der Waals surface area contributed by atoms with Crippen molar-refractivity contribution >= 4 is 27.0 Å². The van der Waals surface area contributed by atoms with Crippen LogP contribution in [0.5, 0.6) is 11.5 Å². The Morgan fingerprint density at radius 2 is 1.82 bits per heavy atom. The summed E-state index contributed by atoms with van der Waals surface area (Å²) in [6, 6.07) is 10.7. The first-order chi connectivity index (χ1) is 15.3. The highest BCUT2D eigenvalue weighted by atomic mass is 28.3. The van der Waals surface area contributed by atoms with Crippen LogP contribution in [-0.4, -0.2) is 46.0 Å². The molecule has 176 valence electrons. The number of ether oxygens (including phenoxy) is 3. The van der Waals surface area contributed by atoms with E-state index in [-0.39, 0.29) is 6.79 Å². The van der Waals surface area contributed by atoms with Gasteiger partial charge in [0.1, 0.15) is 22.9 Å². The molecule has 1 aliphatic rings. The standard InChI is InChI=1S/C25H35N3O3Si2/c1-25(2)28-22(19-15-18(16-26)9-10-20(19)31-25)23-24(21(11-12-27-23)33(6,7)8)30-17-29-13-14-32(3,4)5/h9-12,15H,13-14,17H2,1-8H3. The first kappa shape index (κ1) is 25.2. The molecule has 0 saturated heterocycles. The number of aliphatic imine (C=N–C) groups is 1. The lowest BCUT2D eigenvalue weighted by atomic mass is 10.00. The van der Waals surface area contributed by atoms with Crippen molar-refractivity contribution in [3.8, 4) is 17.6 Å². The van der Waals surface area contributed by atoms with Gasteiger partial charge in [0.05, 0.1) is 19.7 Å². The third-order valence-corrected chi connectivity index (χ3v) is 9.04. The van der Waals surface area contributed by atoms with Crippen LogP contribution in [0.3, 0.4) is 0 Å². The molecular formula is C25H35N3O3Si2. The van der Waals surface area contributed by atoms with Crippen LogP contribution < -0.4 is 14.7 Å². The molecule has 0 bridgehead atoms. The molecule has 3 rings (SSSR count). The van der Waals surface area contributed by atoms with E-state index in [2.05, 4.69) is 45.4 Å². The van der Waals surface area contributed by atoms with Gasteiger partial charge in [0.15, 0.2) is 12.5 Å². The Morgan fingerprint density at radius 3 is 2.45 bits per heavy atom. The van der Waals surface area contributed by atoms with Crippen LogP contribution in [0.1, 0.15) is 30.7 Å². The summed E-state index contributed by atoms with van der Waals surface area (Å²) in [5, 5.41) is 10.6. The Labute approximate surface area is 199 Å². The van der Waals surface area contributed by atoms with Crippen molar-refractivity contribution in [1.29, 1.82) is 5.26 Å². The molecule has 0 unspecified atom stereocenters. The number of nitriles is 1. The lowest BCUT2D eigenvalue weighted by Gasteiger charge is -2.31. The minimum absolute atomic E-state index is 0.166. The molecule has 1 aliphatic heterocycles. The molecule has 0 amide bonds. The molecule has 1 aromatic carbocycles. The molecule has 0 radical (unpaired) electrons. The van der Waals surface area contributed by atoms with E-state index in [4.69, 9.17) is 24.2 Å². The second-order valence-corrected chi connectivity index (χ2v) is 21.8. The molecule has 6 nitrogen and oxygen atoms in total. The van der Waals surface area contributed by atoms with Crippen molar-refractivity contribution in [2.45, 2.75) is 64.9 Å². The summed E-state index contributed by atoms with van der Waals surface area (Å²) in [5.74, 6) is 1.40. The van der Waals surface area contributed by atoms with Crippen LogP contribution in [0.25, 0.3) is 0 Å². The van der Waals surface area contributed by atoms with Crippen LogP contribution in [-0.2, 0) is 4.74 Å². The third kappa shape index (κ3) is 6.31. The number of nitrogens with zero attached hydrogens (tertiary/aromatic N) is 3. The van der Waals surface area contributed by atoms with Crippen molar-refractivity contribution < 1.29 is 14.2 Å². The van der Waals surface area contributed by atoms with E-state index < -0.39 is 21.9 Å². The SMILES string of the molecule is CC1(C)N=C(c2nccc([Si](C)(C)C)c2OCOCC[Si](C)(C)C)c2cc(C#N)ccc2O1. The number of pyridine rings is 1. The van der Waals surface area contributed by atoms with Gasteiger partial charge < -0.3 is 14.2 Å². The zero-order valence-corrected chi connectivity index (χ0v) is 23.1. The molecule has 0 N–H and O–H groups in total. The van der Waals surface area contributed by atoms with Gasteiger partial charge in [0.2, 0.25) is 0 Å². The van der Waals surface area contributed by atoms with Crippen molar-refractivity contribution in [1.82, 2.24) is 4.98 Å². The molecular weight excluding hydrogens is 446 g/mol. The third-order valence-electron chi connectivity index (χ3n) is 5.32. The number of hydrogen-bond donors (Lipinski definition) is 0. The summed E-state index contributed by atoms with van der Waals surface area (Å²) in [4.78, 5) is 9.60. The van der Waals surface area contributed by atoms with E-state index in [0.717, 1.165) is 22.5 Å². The predicted octanol–water partition coefficient (Wildman–Crippen LogP) is 5.16. The molecule has 0 fully saturated rings. The second kappa shape index (κ2) is 9.41. The average Bonchev–Trinajstić information content (AvgIpc) is 2.70. The van der Waals surface area contributed by atoms with Gasteiger partial charge in [-0.1, -0.05) is 39.3 Å². The topological polar surface area (TPSA) is 76.7 Å². The Balaban J connectivity index is 2.05. The Hall–Kier alpha value is -2.48. The van der Waals surface area contributed by atoms with Crippen LogP contribution in [0.15, 0.2) is 35.5 Å². The summed E-state index contributed by atoms with van der Waals surface area (Å²) in [7, 11) is -2.94. The minimum Gasteiger partial charge on any atom is -0.466 e. The van der Waals surface area contributed by atoms with Crippen molar-refractivity contribution in [2.24, 2.45) is 4.99 Å². The van der Waals surface area contributed by atoms with Crippen LogP contribution >= 0.6 is 0 Å². The summed E-state index contributed by atoms with van der Waals surface area (Å²) in [6.45, 7) is 18.5. The van der Waals surface area contributed by atoms with E-state index in [0.29, 0.717) is 29.3 Å². The fraction of sp³-hybridized carbons (Fsp3) is 0.480. The lowest BCUT2D eigenvalue weighted by molar-refractivity contribution is 0.0223. The van der Waals surface area contributed by atoms with Crippen LogP contribution in [0.2, 0.25) is 45.3 Å². The monoisotopic (exact) mass is 481 g/mol. The van der Waals surface area contributed by atoms with Gasteiger partial charge in [-0.25, -0.2) is 4.99 Å². The van der Waals surface area contributed by atoms with Gasteiger partial charge in [-0.05, 0) is 49.3 Å². The van der Waals surface area contributed by atoms with E-state index in [1.54, 1.807) is 12.1 Å². The molecule has 0 spiro atoms. The molecule has 0 saturated carbocycles. The number of aromatic nitrogens is 1. The number of rotatable bonds is 8. The van der Waals surface area contributed by atoms with E-state index >= 15 is 0 Å². The average molecular weight is 482 g/mol. The highest BCUT2D eigenvalue weighted by Crippen LogP contribution is 2.35. The van der Waals surface area contributed by atoms with Crippen molar-refractivity contribution in [2.75, 3.05) is 13.4 Å². The molecule has 1 aromatic heterocycles. The second-order valence-electron chi connectivity index (χ2n) is 11.1. The highest BCUT2D eigenvalue weighted by molar-refractivity contribution is 6.89. The van der Waals surface area contributed by atoms with Gasteiger partial charge in [0.25, 0.3) is 0 Å². The summed E-state index contributed by atoms with van der Waals surface area (Å²) >= 11 is 0. The summed E-state index contributed by atoms with van der Waals surface area (Å²) in [6.07, 6.45) is 1.82. The normalized spacial score (nSPS) is 15.2. The fourth-order valence-electron chi connectivity index (χ4n) is 3.57. The molecule has 0 atom stereocenters. The minimum atomic E-state index is -1.77. The molecule has 2 aromatic rings. The van der Waals surface area contributed by atoms with Crippen molar-refractivity contribution in [3.05, 3.63) is 47.3 Å². The van der Waals surface area contributed by atoms with Gasteiger partial charge in [-0.3, -0.25) is 4.98 Å². The van der Waals surface area contributed by atoms with Gasteiger partial charge >= 0.3 is 0 Å². The predicted molar refractivity (Wildman–Crippen MR) is 138 cm³/mol.